The van der Waals surface area contributed by atoms with Crippen LogP contribution in [0.25, 0.3) is 0 Å². The molecule has 32 heavy (non-hydrogen) atoms. The first-order valence-electron chi connectivity index (χ1n) is 12.1. The van der Waals surface area contributed by atoms with Crippen LogP contribution < -0.4 is 4.90 Å². The van der Waals surface area contributed by atoms with Crippen LogP contribution in [0.2, 0.25) is 0 Å². The maximum absolute atomic E-state index is 14.6. The van der Waals surface area contributed by atoms with Crippen LogP contribution in [0.1, 0.15) is 38.7 Å². The highest BCUT2D eigenvalue weighted by molar-refractivity contribution is 5.95. The summed E-state index contributed by atoms with van der Waals surface area (Å²) in [5.74, 6) is -0.182. The van der Waals surface area contributed by atoms with Gasteiger partial charge in [0.2, 0.25) is 5.91 Å². The van der Waals surface area contributed by atoms with E-state index in [0.717, 1.165) is 51.9 Å². The van der Waals surface area contributed by atoms with Crippen LogP contribution in [-0.2, 0) is 11.2 Å². The second-order valence-corrected chi connectivity index (χ2v) is 8.70. The largest absolute Gasteiger partial charge is 0.308 e. The molecule has 1 heterocycles. The van der Waals surface area contributed by atoms with Gasteiger partial charge in [-0.3, -0.25) is 9.69 Å². The zero-order valence-corrected chi connectivity index (χ0v) is 19.8. The number of amides is 1. The van der Waals surface area contributed by atoms with Crippen LogP contribution >= 0.6 is 0 Å². The Hall–Kier alpha value is -2.24. The van der Waals surface area contributed by atoms with Crippen LogP contribution in [0.4, 0.5) is 10.1 Å². The van der Waals surface area contributed by atoms with E-state index in [4.69, 9.17) is 0 Å². The lowest BCUT2D eigenvalue weighted by Gasteiger charge is -2.42. The van der Waals surface area contributed by atoms with Gasteiger partial charge in [0.1, 0.15) is 5.82 Å². The lowest BCUT2D eigenvalue weighted by molar-refractivity contribution is -0.125. The van der Waals surface area contributed by atoms with Gasteiger partial charge in [0.15, 0.2) is 0 Å². The number of piperazine rings is 1. The Kier molecular flexibility index (Phi) is 9.24. The minimum atomic E-state index is -0.315. The quantitative estimate of drug-likeness (QED) is 0.617. The summed E-state index contributed by atoms with van der Waals surface area (Å²) in [6.07, 6.45) is 3.97. The number of halogens is 1. The van der Waals surface area contributed by atoms with E-state index >= 15 is 0 Å². The molecule has 4 nitrogen and oxygen atoms in total. The number of hydrogen-bond donors (Lipinski definition) is 0. The van der Waals surface area contributed by atoms with Crippen molar-refractivity contribution in [1.29, 1.82) is 0 Å². The molecule has 1 aliphatic heterocycles. The van der Waals surface area contributed by atoms with Crippen molar-refractivity contribution in [3.63, 3.8) is 0 Å². The topological polar surface area (TPSA) is 26.8 Å². The molecule has 1 amide bonds. The molecule has 0 N–H and O–H groups in total. The molecule has 2 aromatic carbocycles. The van der Waals surface area contributed by atoms with Gasteiger partial charge in [-0.05, 0) is 44.0 Å². The summed E-state index contributed by atoms with van der Waals surface area (Å²) in [7, 11) is 2.12. The van der Waals surface area contributed by atoms with E-state index in [1.54, 1.807) is 17.0 Å². The molecule has 2 aromatic rings. The lowest BCUT2D eigenvalue weighted by Crippen LogP contribution is -2.57. The number of benzene rings is 2. The normalized spacial score (nSPS) is 19.6. The number of carbonyl (C=O) groups is 1. The first kappa shape index (κ1) is 24.4. The summed E-state index contributed by atoms with van der Waals surface area (Å²) in [5, 5.41) is 0. The fourth-order valence-corrected chi connectivity index (χ4v) is 4.41. The van der Waals surface area contributed by atoms with Crippen molar-refractivity contribution in [3.05, 3.63) is 66.0 Å². The molecular formula is C27H38FN3O. The van der Waals surface area contributed by atoms with Gasteiger partial charge in [0.25, 0.3) is 0 Å². The Morgan fingerprint density at radius 1 is 1.03 bits per heavy atom. The first-order valence-corrected chi connectivity index (χ1v) is 12.1. The average molecular weight is 440 g/mol. The van der Waals surface area contributed by atoms with Gasteiger partial charge in [0, 0.05) is 44.7 Å². The highest BCUT2D eigenvalue weighted by Crippen LogP contribution is 2.31. The third-order valence-corrected chi connectivity index (χ3v) is 6.68. The highest BCUT2D eigenvalue weighted by Gasteiger charge is 2.34. The molecule has 1 unspecified atom stereocenters. The Morgan fingerprint density at radius 2 is 1.72 bits per heavy atom. The number of hydrogen-bond acceptors (Lipinski definition) is 3. The van der Waals surface area contributed by atoms with Crippen LogP contribution in [0, 0.1) is 11.7 Å². The molecule has 0 aromatic heterocycles. The van der Waals surface area contributed by atoms with Gasteiger partial charge in [-0.15, -0.1) is 0 Å². The van der Waals surface area contributed by atoms with Gasteiger partial charge in [-0.25, -0.2) is 4.39 Å². The minimum Gasteiger partial charge on any atom is -0.308 e. The molecule has 1 saturated heterocycles. The minimum absolute atomic E-state index is 0.0488. The van der Waals surface area contributed by atoms with E-state index in [1.165, 1.54) is 11.6 Å². The van der Waals surface area contributed by atoms with Gasteiger partial charge >= 0.3 is 0 Å². The standard InChI is InChI=1S/C25H32FN3O.C2H6/c1-27-16-17-28(15-14-20-8-3-2-4-9-20)18-22(27)19-29(25(30)21-10-7-11-21)24-13-6-5-12-23(24)26;1-2/h2-6,8-9,12-13,21-22H,7,10-11,14-19H2,1H3;1-2H3. The van der Waals surface area contributed by atoms with E-state index in [-0.39, 0.29) is 23.7 Å². The summed E-state index contributed by atoms with van der Waals surface area (Å²) < 4.78 is 14.6. The number of rotatable bonds is 7. The van der Waals surface area contributed by atoms with E-state index in [0.29, 0.717) is 12.2 Å². The van der Waals surface area contributed by atoms with E-state index < -0.39 is 0 Å². The zero-order chi connectivity index (χ0) is 22.9. The fourth-order valence-electron chi connectivity index (χ4n) is 4.41. The Bertz CT molecular complexity index is 840. The zero-order valence-electron chi connectivity index (χ0n) is 19.8. The number of nitrogens with zero attached hydrogens (tertiary/aromatic N) is 3. The predicted octanol–water partition coefficient (Wildman–Crippen LogP) is 4.84. The molecule has 1 aliphatic carbocycles. The summed E-state index contributed by atoms with van der Waals surface area (Å²) in [6, 6.07) is 17.4. The summed E-state index contributed by atoms with van der Waals surface area (Å²) >= 11 is 0. The second-order valence-electron chi connectivity index (χ2n) is 8.70. The lowest BCUT2D eigenvalue weighted by atomic mass is 9.84. The number of carbonyl (C=O) groups excluding carboxylic acids is 1. The van der Waals surface area contributed by atoms with E-state index in [1.807, 2.05) is 26.0 Å². The van der Waals surface area contributed by atoms with Crippen molar-refractivity contribution < 1.29 is 9.18 Å². The van der Waals surface area contributed by atoms with Crippen LogP contribution in [0.15, 0.2) is 54.6 Å². The Morgan fingerprint density at radius 3 is 2.38 bits per heavy atom. The number of anilines is 1. The molecule has 2 fully saturated rings. The van der Waals surface area contributed by atoms with E-state index in [9.17, 15) is 9.18 Å². The number of likely N-dealkylation sites (N-methyl/N-ethyl adjacent to an activating group) is 1. The SMILES string of the molecule is CC.CN1CCN(CCc2ccccc2)CC1CN(C(=O)C1CCC1)c1ccccc1F. The third-order valence-electron chi connectivity index (χ3n) is 6.68. The summed E-state index contributed by atoms with van der Waals surface area (Å²) in [5.41, 5.74) is 1.77. The van der Waals surface area contributed by atoms with Gasteiger partial charge in [-0.1, -0.05) is 62.7 Å². The maximum Gasteiger partial charge on any atom is 0.230 e. The smallest absolute Gasteiger partial charge is 0.230 e. The molecule has 1 saturated carbocycles. The monoisotopic (exact) mass is 439 g/mol. The van der Waals surface area contributed by atoms with Crippen molar-refractivity contribution >= 4 is 11.6 Å². The fraction of sp³-hybridized carbons (Fsp3) is 0.519. The van der Waals surface area contributed by atoms with Gasteiger partial charge < -0.3 is 9.80 Å². The van der Waals surface area contributed by atoms with Crippen molar-refractivity contribution in [2.75, 3.05) is 44.7 Å². The van der Waals surface area contributed by atoms with Gasteiger partial charge in [-0.2, -0.15) is 0 Å². The van der Waals surface area contributed by atoms with Crippen molar-refractivity contribution in [1.82, 2.24) is 9.80 Å². The summed E-state index contributed by atoms with van der Waals surface area (Å²) in [6.45, 7) is 8.42. The second kappa shape index (κ2) is 12.1. The molecular weight excluding hydrogens is 401 g/mol. The number of para-hydroxylation sites is 1. The molecule has 174 valence electrons. The molecule has 0 bridgehead atoms. The van der Waals surface area contributed by atoms with E-state index in [2.05, 4.69) is 41.1 Å². The molecule has 4 rings (SSSR count). The summed E-state index contributed by atoms with van der Waals surface area (Å²) in [4.78, 5) is 19.7. The van der Waals surface area contributed by atoms with Gasteiger partial charge in [0.05, 0.1) is 5.69 Å². The van der Waals surface area contributed by atoms with Crippen LogP contribution in [-0.4, -0.2) is 61.5 Å². The van der Waals surface area contributed by atoms with Crippen molar-refractivity contribution in [2.45, 2.75) is 45.6 Å². The highest BCUT2D eigenvalue weighted by atomic mass is 19.1. The Balaban J connectivity index is 0.00000141. The molecule has 5 heteroatoms. The molecule has 0 spiro atoms. The van der Waals surface area contributed by atoms with Crippen LogP contribution in [0.3, 0.4) is 0 Å². The predicted molar refractivity (Wildman–Crippen MR) is 130 cm³/mol. The Labute approximate surface area is 193 Å². The van der Waals surface area contributed by atoms with Crippen molar-refractivity contribution in [2.24, 2.45) is 5.92 Å². The third kappa shape index (κ3) is 6.17. The average Bonchev–Trinajstić information content (AvgIpc) is 2.79. The maximum atomic E-state index is 14.6. The molecule has 2 aliphatic rings. The first-order chi connectivity index (χ1) is 15.6. The molecule has 0 radical (unpaired) electrons. The van der Waals surface area contributed by atoms with Crippen molar-refractivity contribution in [3.8, 4) is 0 Å². The molecule has 1 atom stereocenters. The van der Waals surface area contributed by atoms with Crippen LogP contribution in [0.5, 0.6) is 0 Å².